The van der Waals surface area contributed by atoms with Gasteiger partial charge in [-0.25, -0.2) is 0 Å². The second kappa shape index (κ2) is 10.4. The lowest BCUT2D eigenvalue weighted by atomic mass is 10.2. The Labute approximate surface area is 241 Å². The molecule has 0 saturated carbocycles. The molecule has 0 unspecified atom stereocenters. The van der Waals surface area contributed by atoms with Crippen LogP contribution in [0.2, 0.25) is 0 Å². The molecule has 0 saturated heterocycles. The number of hydrogen-bond acceptors (Lipinski definition) is 7. The summed E-state index contributed by atoms with van der Waals surface area (Å²) in [6.45, 7) is 0. The first kappa shape index (κ1) is 24.7. The molecule has 42 heavy (non-hydrogen) atoms. The molecule has 0 aliphatic carbocycles. The number of hydrogen-bond donors (Lipinski definition) is 0. The Morgan fingerprint density at radius 3 is 0.381 bits per heavy atom. The van der Waals surface area contributed by atoms with Crippen molar-refractivity contribution >= 4 is 0 Å². The summed E-state index contributed by atoms with van der Waals surface area (Å²) in [7, 11) is 0. The third kappa shape index (κ3) is 5.46. The minimum absolute atomic E-state index is 0.577. The van der Waals surface area contributed by atoms with E-state index in [0.717, 1.165) is 80.6 Å². The van der Waals surface area contributed by atoms with E-state index in [9.17, 15) is 0 Å². The van der Waals surface area contributed by atoms with Crippen LogP contribution in [0, 0.1) is 0 Å². The van der Waals surface area contributed by atoms with Crippen LogP contribution in [0.5, 0.6) is 0 Å². The Kier molecular flexibility index (Phi) is 6.13. The van der Waals surface area contributed by atoms with E-state index in [1.165, 1.54) is 0 Å². The maximum absolute atomic E-state index is 6.09. The molecule has 0 spiro atoms. The second-order valence-electron chi connectivity index (χ2n) is 10.8. The summed E-state index contributed by atoms with van der Waals surface area (Å²) in [4.78, 5) is 0. The second-order valence-corrected chi connectivity index (χ2v) is 10.8. The Hall–Kier alpha value is -5.04. The van der Waals surface area contributed by atoms with Gasteiger partial charge in [0.15, 0.2) is 0 Å². The summed E-state index contributed by atoms with van der Waals surface area (Å²) in [6.07, 6.45) is 4.04. The summed E-state index contributed by atoms with van der Waals surface area (Å²) in [6, 6.07) is 27.9. The van der Waals surface area contributed by atoms with Gasteiger partial charge in [-0.15, -0.1) is 0 Å². The van der Waals surface area contributed by atoms with Crippen molar-refractivity contribution < 1.29 is 30.9 Å². The molecular formula is C35H28O7. The highest BCUT2D eigenvalue weighted by Crippen LogP contribution is 2.25. The maximum atomic E-state index is 6.09. The molecule has 7 heteroatoms. The van der Waals surface area contributed by atoms with Crippen molar-refractivity contribution in [3.8, 4) is 0 Å². The van der Waals surface area contributed by atoms with Crippen LogP contribution >= 0.6 is 0 Å². The first-order valence-corrected chi connectivity index (χ1v) is 14.2. The van der Waals surface area contributed by atoms with Gasteiger partial charge in [-0.3, -0.25) is 0 Å². The lowest BCUT2D eigenvalue weighted by molar-refractivity contribution is 0.406. The van der Waals surface area contributed by atoms with Crippen molar-refractivity contribution in [1.29, 1.82) is 0 Å². The number of fused-ring (bicyclic) bond motifs is 14. The molecule has 14 bridgehead atoms. The van der Waals surface area contributed by atoms with E-state index in [4.69, 9.17) is 30.9 Å². The average Bonchev–Trinajstić information content (AvgIpc) is 3.80. The molecule has 1 aliphatic rings. The van der Waals surface area contributed by atoms with Gasteiger partial charge in [0.05, 0.1) is 44.9 Å². The molecule has 0 amide bonds. The zero-order valence-corrected chi connectivity index (χ0v) is 22.9. The lowest BCUT2D eigenvalue weighted by Crippen LogP contribution is -1.86. The van der Waals surface area contributed by atoms with Crippen LogP contribution in [-0.4, -0.2) is 0 Å². The van der Waals surface area contributed by atoms with Crippen molar-refractivity contribution in [2.75, 3.05) is 0 Å². The quantitative estimate of drug-likeness (QED) is 0.184. The van der Waals surface area contributed by atoms with Gasteiger partial charge >= 0.3 is 0 Å². The SMILES string of the molecule is c1cc2oc1Cc1ccc(o1)Cc1ccc(o1)Cc1ccc(o1)Cc1ccc(o1)Cc1ccc(o1)Cc1ccc(o1)C2. The maximum Gasteiger partial charge on any atom is 0.111 e. The highest BCUT2D eigenvalue weighted by molar-refractivity contribution is 5.24. The van der Waals surface area contributed by atoms with Crippen molar-refractivity contribution in [2.24, 2.45) is 0 Å². The molecule has 1 aliphatic heterocycles. The van der Waals surface area contributed by atoms with Crippen LogP contribution < -0.4 is 0 Å². The lowest BCUT2D eigenvalue weighted by Gasteiger charge is -1.98. The Morgan fingerprint density at radius 2 is 0.286 bits per heavy atom. The molecule has 7 nitrogen and oxygen atoms in total. The standard InChI is InChI=1S/C35H28O7/c1-2-23-16-25-5-6-27(38-25)18-29-9-10-31(40-29)20-33-13-14-35(42-33)21-34-12-11-32(41-34)19-30-8-7-28(39-30)17-26-4-3-24(37-26)15-22(1)36-23/h1-14H,15-21H2. The van der Waals surface area contributed by atoms with Gasteiger partial charge in [-0.05, 0) is 84.9 Å². The van der Waals surface area contributed by atoms with Crippen LogP contribution in [0.1, 0.15) is 80.6 Å². The molecule has 8 rings (SSSR count). The predicted octanol–water partition coefficient (Wildman–Crippen LogP) is 8.29. The van der Waals surface area contributed by atoms with Gasteiger partial charge in [-0.1, -0.05) is 0 Å². The van der Waals surface area contributed by atoms with Crippen molar-refractivity contribution in [3.05, 3.63) is 166 Å². The largest absolute Gasteiger partial charge is 0.465 e. The van der Waals surface area contributed by atoms with Crippen LogP contribution in [0.3, 0.4) is 0 Å². The van der Waals surface area contributed by atoms with Gasteiger partial charge in [0.25, 0.3) is 0 Å². The van der Waals surface area contributed by atoms with E-state index in [1.54, 1.807) is 0 Å². The Bertz CT molecular complexity index is 1430. The van der Waals surface area contributed by atoms with Gasteiger partial charge < -0.3 is 30.9 Å². The van der Waals surface area contributed by atoms with E-state index in [-0.39, 0.29) is 0 Å². The molecule has 0 radical (unpaired) electrons. The minimum Gasteiger partial charge on any atom is -0.465 e. The van der Waals surface area contributed by atoms with E-state index >= 15 is 0 Å². The zero-order chi connectivity index (χ0) is 27.9. The van der Waals surface area contributed by atoms with Crippen LogP contribution in [0.4, 0.5) is 0 Å². The highest BCUT2D eigenvalue weighted by Gasteiger charge is 2.15. The van der Waals surface area contributed by atoms with Gasteiger partial charge in [0.1, 0.15) is 80.6 Å². The van der Waals surface area contributed by atoms with Gasteiger partial charge in [0, 0.05) is 0 Å². The van der Waals surface area contributed by atoms with E-state index in [0.29, 0.717) is 44.9 Å². The molecule has 0 N–H and O–H groups in total. The van der Waals surface area contributed by atoms with Crippen LogP contribution in [0.15, 0.2) is 116 Å². The molecule has 210 valence electrons. The molecule has 0 atom stereocenters. The van der Waals surface area contributed by atoms with Gasteiger partial charge in [-0.2, -0.15) is 0 Å². The topological polar surface area (TPSA) is 92.0 Å². The number of furan rings is 7. The summed E-state index contributed by atoms with van der Waals surface area (Å²) in [5.74, 6) is 11.8. The molecular weight excluding hydrogens is 532 g/mol. The Morgan fingerprint density at radius 1 is 0.190 bits per heavy atom. The summed E-state index contributed by atoms with van der Waals surface area (Å²) < 4.78 is 42.6. The molecule has 7 aromatic heterocycles. The fourth-order valence-corrected chi connectivity index (χ4v) is 5.49. The van der Waals surface area contributed by atoms with Crippen molar-refractivity contribution in [3.63, 3.8) is 0 Å². The van der Waals surface area contributed by atoms with E-state index in [1.807, 2.05) is 84.9 Å². The summed E-state index contributed by atoms with van der Waals surface area (Å²) in [5.41, 5.74) is 0. The molecule has 7 aromatic rings. The normalized spacial score (nSPS) is 14.0. The van der Waals surface area contributed by atoms with Gasteiger partial charge in [0.2, 0.25) is 0 Å². The van der Waals surface area contributed by atoms with Crippen LogP contribution in [0.25, 0.3) is 0 Å². The summed E-state index contributed by atoms with van der Waals surface area (Å²) in [5, 5.41) is 0. The minimum atomic E-state index is 0.577. The van der Waals surface area contributed by atoms with Crippen molar-refractivity contribution in [2.45, 2.75) is 44.9 Å². The smallest absolute Gasteiger partial charge is 0.111 e. The first-order chi connectivity index (χ1) is 20.6. The average molecular weight is 561 g/mol. The third-order valence-electron chi connectivity index (χ3n) is 7.46. The summed E-state index contributed by atoms with van der Waals surface area (Å²) >= 11 is 0. The fourth-order valence-electron chi connectivity index (χ4n) is 5.49. The third-order valence-corrected chi connectivity index (χ3v) is 7.46. The number of rotatable bonds is 0. The Balaban J connectivity index is 1.05. The molecule has 0 fully saturated rings. The predicted molar refractivity (Wildman–Crippen MR) is 151 cm³/mol. The van der Waals surface area contributed by atoms with Crippen molar-refractivity contribution in [1.82, 2.24) is 0 Å². The monoisotopic (exact) mass is 560 g/mol. The van der Waals surface area contributed by atoms with E-state index < -0.39 is 0 Å². The zero-order valence-electron chi connectivity index (χ0n) is 22.9. The van der Waals surface area contributed by atoms with E-state index in [2.05, 4.69) is 0 Å². The fraction of sp³-hybridized carbons (Fsp3) is 0.200. The molecule has 0 aromatic carbocycles. The highest BCUT2D eigenvalue weighted by atomic mass is 16.4. The van der Waals surface area contributed by atoms with Crippen LogP contribution in [-0.2, 0) is 44.9 Å². The first-order valence-electron chi connectivity index (χ1n) is 14.2. The molecule has 8 heterocycles.